The van der Waals surface area contributed by atoms with Crippen LogP contribution in [0.25, 0.3) is 0 Å². The Labute approximate surface area is 208 Å². The van der Waals surface area contributed by atoms with Gasteiger partial charge in [-0.3, -0.25) is 0 Å². The minimum absolute atomic E-state index is 0.00831. The third kappa shape index (κ3) is 2.53. The van der Waals surface area contributed by atoms with E-state index in [2.05, 4.69) is 34.6 Å². The van der Waals surface area contributed by atoms with Crippen molar-refractivity contribution in [3.63, 3.8) is 0 Å². The van der Waals surface area contributed by atoms with Gasteiger partial charge in [0.15, 0.2) is 0 Å². The van der Waals surface area contributed by atoms with Crippen LogP contribution in [-0.4, -0.2) is 24.1 Å². The lowest BCUT2D eigenvalue weighted by Crippen LogP contribution is -2.62. The number of ether oxygens (including phenoxy) is 2. The predicted octanol–water partition coefficient (Wildman–Crippen LogP) is 6.56. The second-order valence-electron chi connectivity index (χ2n) is 12.4. The highest BCUT2D eigenvalue weighted by atomic mass is 16.6. The Morgan fingerprint density at radius 3 is 1.43 bits per heavy atom. The molecule has 2 aromatic carbocycles. The summed E-state index contributed by atoms with van der Waals surface area (Å²) in [4.78, 5) is 26.5. The van der Waals surface area contributed by atoms with E-state index >= 15 is 0 Å². The van der Waals surface area contributed by atoms with E-state index in [1.165, 1.54) is 12.8 Å². The summed E-state index contributed by atoms with van der Waals surface area (Å²) >= 11 is 0. The summed E-state index contributed by atoms with van der Waals surface area (Å²) in [6.45, 7) is 12.3. The maximum absolute atomic E-state index is 13.3. The van der Waals surface area contributed by atoms with Gasteiger partial charge in [-0.05, 0) is 71.1 Å². The first-order chi connectivity index (χ1) is 16.6. The van der Waals surface area contributed by atoms with Gasteiger partial charge in [-0.15, -0.1) is 0 Å². The lowest BCUT2D eigenvalue weighted by Gasteiger charge is -2.61. The molecular weight excluding hydrogens is 436 g/mol. The highest BCUT2D eigenvalue weighted by Gasteiger charge is 2.87. The second-order valence-corrected chi connectivity index (χ2v) is 12.4. The Kier molecular flexibility index (Phi) is 4.70. The smallest absolute Gasteiger partial charge is 0.338 e. The van der Waals surface area contributed by atoms with Crippen molar-refractivity contribution in [2.75, 3.05) is 0 Å². The van der Waals surface area contributed by atoms with Gasteiger partial charge in [0.1, 0.15) is 12.2 Å². The molecule has 0 heterocycles. The number of benzene rings is 2. The normalized spacial score (nSPS) is 44.8. The summed E-state index contributed by atoms with van der Waals surface area (Å²) in [6, 6.07) is 18.3. The number of esters is 2. The van der Waals surface area contributed by atoms with E-state index in [4.69, 9.17) is 9.47 Å². The Bertz CT molecular complexity index is 1090. The third-order valence-corrected chi connectivity index (χ3v) is 12.1. The second kappa shape index (κ2) is 7.21. The molecule has 4 aliphatic rings. The van der Waals surface area contributed by atoms with E-state index < -0.39 is 12.2 Å². The van der Waals surface area contributed by atoms with E-state index in [0.717, 1.165) is 6.42 Å². The van der Waals surface area contributed by atoms with Crippen molar-refractivity contribution in [1.82, 2.24) is 0 Å². The standard InChI is InChI=1S/C31H36O4/c1-19-28(2)16-17-29(19,3)31(5)23-18-22(30(28,31)4)24(34-26(32)20-12-8-6-9-13-20)25(23)35-27(33)21-14-10-7-11-15-21/h6-15,19,22-25H,16-18H2,1-5H3. The van der Waals surface area contributed by atoms with Crippen LogP contribution < -0.4 is 0 Å². The molecule has 0 saturated heterocycles. The molecule has 0 N–H and O–H groups in total. The Morgan fingerprint density at radius 1 is 0.686 bits per heavy atom. The van der Waals surface area contributed by atoms with Crippen LogP contribution in [0.4, 0.5) is 0 Å². The lowest BCUT2D eigenvalue weighted by molar-refractivity contribution is -0.188. The summed E-state index contributed by atoms with van der Waals surface area (Å²) in [5.74, 6) is 0.217. The largest absolute Gasteiger partial charge is 0.454 e. The first kappa shape index (κ1) is 22.8. The van der Waals surface area contributed by atoms with E-state index in [1.807, 2.05) is 36.4 Å². The average Bonchev–Trinajstić information content (AvgIpc) is 3.46. The summed E-state index contributed by atoms with van der Waals surface area (Å²) in [5.41, 5.74) is 1.43. The molecular formula is C31H36O4. The lowest BCUT2D eigenvalue weighted by atomic mass is 9.44. The van der Waals surface area contributed by atoms with Gasteiger partial charge >= 0.3 is 11.9 Å². The quantitative estimate of drug-likeness (QED) is 0.374. The molecule has 184 valence electrons. The van der Waals surface area contributed by atoms with Crippen molar-refractivity contribution < 1.29 is 19.1 Å². The molecule has 0 aromatic heterocycles. The SMILES string of the molecule is CC1C2(C)CCC1(C)C1(C)C3CC(C(OC(=O)c4ccccc4)C3OC(=O)c3ccccc3)C21C. The van der Waals surface area contributed by atoms with Crippen LogP contribution in [0, 0.1) is 39.4 Å². The molecule has 4 aliphatic carbocycles. The molecule has 0 spiro atoms. The molecule has 4 fully saturated rings. The fourth-order valence-corrected chi connectivity index (χ4v) is 9.84. The maximum atomic E-state index is 13.3. The first-order valence-corrected chi connectivity index (χ1v) is 13.1. The topological polar surface area (TPSA) is 52.6 Å². The van der Waals surface area contributed by atoms with Gasteiger partial charge in [0.2, 0.25) is 0 Å². The van der Waals surface area contributed by atoms with Crippen molar-refractivity contribution in [2.24, 2.45) is 39.4 Å². The highest BCUT2D eigenvalue weighted by molar-refractivity contribution is 5.90. The van der Waals surface area contributed by atoms with E-state index in [1.54, 1.807) is 24.3 Å². The number of rotatable bonds is 4. The molecule has 8 unspecified atom stereocenters. The number of hydrogen-bond acceptors (Lipinski definition) is 4. The molecule has 4 heteroatoms. The molecule has 2 aromatic rings. The monoisotopic (exact) mass is 472 g/mol. The van der Waals surface area contributed by atoms with Crippen LogP contribution in [0.3, 0.4) is 0 Å². The number of carbonyl (C=O) groups is 2. The van der Waals surface area contributed by atoms with Crippen LogP contribution in [0.2, 0.25) is 0 Å². The molecule has 35 heavy (non-hydrogen) atoms. The first-order valence-electron chi connectivity index (χ1n) is 13.1. The van der Waals surface area contributed by atoms with Crippen molar-refractivity contribution in [3.8, 4) is 0 Å². The van der Waals surface area contributed by atoms with Gasteiger partial charge in [0.05, 0.1) is 11.1 Å². The summed E-state index contributed by atoms with van der Waals surface area (Å²) in [5, 5.41) is 0. The number of fused-ring (bicyclic) bond motifs is 9. The minimum atomic E-state index is -0.439. The van der Waals surface area contributed by atoms with Crippen molar-refractivity contribution in [2.45, 2.75) is 66.1 Å². The molecule has 0 aliphatic heterocycles. The van der Waals surface area contributed by atoms with Gasteiger partial charge in [0, 0.05) is 11.8 Å². The average molecular weight is 473 g/mol. The molecule has 0 amide bonds. The van der Waals surface area contributed by atoms with Crippen LogP contribution in [-0.2, 0) is 9.47 Å². The van der Waals surface area contributed by atoms with Crippen LogP contribution >= 0.6 is 0 Å². The van der Waals surface area contributed by atoms with Crippen LogP contribution in [0.15, 0.2) is 60.7 Å². The zero-order valence-electron chi connectivity index (χ0n) is 21.4. The van der Waals surface area contributed by atoms with E-state index in [9.17, 15) is 9.59 Å². The Balaban J connectivity index is 1.41. The number of hydrogen-bond donors (Lipinski definition) is 0. The molecule has 4 saturated carbocycles. The van der Waals surface area contributed by atoms with Gasteiger partial charge in [0.25, 0.3) is 0 Å². The minimum Gasteiger partial charge on any atom is -0.454 e. The summed E-state index contributed by atoms with van der Waals surface area (Å²) < 4.78 is 12.6. The zero-order valence-corrected chi connectivity index (χ0v) is 21.4. The van der Waals surface area contributed by atoms with Gasteiger partial charge in [-0.1, -0.05) is 71.0 Å². The predicted molar refractivity (Wildman–Crippen MR) is 134 cm³/mol. The maximum Gasteiger partial charge on any atom is 0.338 e. The van der Waals surface area contributed by atoms with Crippen molar-refractivity contribution >= 4 is 11.9 Å². The fourth-order valence-electron chi connectivity index (χ4n) is 9.84. The fraction of sp³-hybridized carbons (Fsp3) is 0.548. The van der Waals surface area contributed by atoms with Gasteiger partial charge in [-0.2, -0.15) is 0 Å². The Hall–Kier alpha value is -2.62. The molecule has 4 nitrogen and oxygen atoms in total. The zero-order chi connectivity index (χ0) is 24.8. The molecule has 0 radical (unpaired) electrons. The molecule has 4 bridgehead atoms. The summed E-state index contributed by atoms with van der Waals surface area (Å²) in [7, 11) is 0. The van der Waals surface area contributed by atoms with Crippen molar-refractivity contribution in [1.29, 1.82) is 0 Å². The van der Waals surface area contributed by atoms with Crippen molar-refractivity contribution in [3.05, 3.63) is 71.8 Å². The molecule has 6 rings (SSSR count). The van der Waals surface area contributed by atoms with Gasteiger partial charge in [-0.25, -0.2) is 9.59 Å². The Morgan fingerprint density at radius 2 is 1.06 bits per heavy atom. The van der Waals surface area contributed by atoms with Crippen LogP contribution in [0.5, 0.6) is 0 Å². The van der Waals surface area contributed by atoms with E-state index in [0.29, 0.717) is 17.0 Å². The van der Waals surface area contributed by atoms with E-state index in [-0.39, 0.29) is 45.4 Å². The molecule has 8 atom stereocenters. The van der Waals surface area contributed by atoms with Crippen LogP contribution in [0.1, 0.15) is 74.6 Å². The van der Waals surface area contributed by atoms with Gasteiger partial charge < -0.3 is 9.47 Å². The number of carbonyl (C=O) groups excluding carboxylic acids is 2. The highest BCUT2D eigenvalue weighted by Crippen LogP contribution is 2.89. The summed E-state index contributed by atoms with van der Waals surface area (Å²) in [6.07, 6.45) is 2.46. The third-order valence-electron chi connectivity index (χ3n) is 12.1.